The number of benzene rings is 3. The first kappa shape index (κ1) is 27.9. The summed E-state index contributed by atoms with van der Waals surface area (Å²) in [6.45, 7) is 8.38. The number of carbonyl (C=O) groups is 1. The molecule has 202 valence electrons. The SMILES string of the molecule is COc1ccc(/C(C)=N\NC(=O)CSc2nnc(-c3ccc(C(C)(C)C)cc3)n2-c2ccccc2)cc1OC. The van der Waals surface area contributed by atoms with Gasteiger partial charge in [-0.25, -0.2) is 5.43 Å². The fourth-order valence-electron chi connectivity index (χ4n) is 3.91. The van der Waals surface area contributed by atoms with Crippen LogP contribution in [-0.2, 0) is 10.2 Å². The molecule has 0 radical (unpaired) electrons. The summed E-state index contributed by atoms with van der Waals surface area (Å²) in [5, 5.41) is 13.8. The second-order valence-corrected chi connectivity index (χ2v) is 10.8. The third-order valence-corrected chi connectivity index (χ3v) is 7.07. The van der Waals surface area contributed by atoms with Crippen molar-refractivity contribution in [3.63, 3.8) is 0 Å². The molecule has 0 aliphatic heterocycles. The molecule has 0 aliphatic rings. The molecule has 1 heterocycles. The molecule has 0 aliphatic carbocycles. The van der Waals surface area contributed by atoms with Gasteiger partial charge in [-0.15, -0.1) is 10.2 Å². The van der Waals surface area contributed by atoms with Crippen molar-refractivity contribution in [2.24, 2.45) is 5.10 Å². The molecule has 8 nitrogen and oxygen atoms in total. The van der Waals surface area contributed by atoms with Crippen LogP contribution in [0.4, 0.5) is 0 Å². The Morgan fingerprint density at radius 3 is 2.28 bits per heavy atom. The van der Waals surface area contributed by atoms with Crippen molar-refractivity contribution >= 4 is 23.4 Å². The summed E-state index contributed by atoms with van der Waals surface area (Å²) in [5.74, 6) is 1.80. The number of hydrogen-bond acceptors (Lipinski definition) is 7. The Morgan fingerprint density at radius 2 is 1.64 bits per heavy atom. The van der Waals surface area contributed by atoms with E-state index in [0.29, 0.717) is 28.2 Å². The van der Waals surface area contributed by atoms with Gasteiger partial charge in [0.2, 0.25) is 0 Å². The summed E-state index contributed by atoms with van der Waals surface area (Å²) < 4.78 is 12.6. The summed E-state index contributed by atoms with van der Waals surface area (Å²) in [5.41, 5.74) is 7.25. The van der Waals surface area contributed by atoms with Crippen molar-refractivity contribution in [1.82, 2.24) is 20.2 Å². The molecule has 4 rings (SSSR count). The minimum absolute atomic E-state index is 0.0558. The largest absolute Gasteiger partial charge is 0.493 e. The maximum Gasteiger partial charge on any atom is 0.250 e. The number of rotatable bonds is 9. The number of hydrazone groups is 1. The number of ether oxygens (including phenoxy) is 2. The molecular formula is C30H33N5O3S. The van der Waals surface area contributed by atoms with Crippen molar-refractivity contribution in [2.45, 2.75) is 38.3 Å². The molecule has 0 saturated carbocycles. The molecule has 3 aromatic carbocycles. The Labute approximate surface area is 233 Å². The number of amides is 1. The lowest BCUT2D eigenvalue weighted by Crippen LogP contribution is -2.21. The summed E-state index contributed by atoms with van der Waals surface area (Å²) in [6, 6.07) is 23.7. The molecule has 4 aromatic rings. The highest BCUT2D eigenvalue weighted by Crippen LogP contribution is 2.30. The predicted octanol–water partition coefficient (Wildman–Crippen LogP) is 5.88. The summed E-state index contributed by atoms with van der Waals surface area (Å²) in [6.07, 6.45) is 0. The van der Waals surface area contributed by atoms with E-state index in [9.17, 15) is 4.79 Å². The topological polar surface area (TPSA) is 90.6 Å². The first-order chi connectivity index (χ1) is 18.7. The molecule has 0 spiro atoms. The smallest absolute Gasteiger partial charge is 0.250 e. The molecule has 1 amide bonds. The van der Waals surface area contributed by atoms with E-state index in [1.165, 1.54) is 17.3 Å². The lowest BCUT2D eigenvalue weighted by molar-refractivity contribution is -0.118. The van der Waals surface area contributed by atoms with Gasteiger partial charge >= 0.3 is 0 Å². The average molecular weight is 544 g/mol. The first-order valence-electron chi connectivity index (χ1n) is 12.5. The van der Waals surface area contributed by atoms with Crippen molar-refractivity contribution in [1.29, 1.82) is 0 Å². The second kappa shape index (κ2) is 12.2. The van der Waals surface area contributed by atoms with Gasteiger partial charge in [0.25, 0.3) is 5.91 Å². The number of hydrogen-bond donors (Lipinski definition) is 1. The Balaban J connectivity index is 1.51. The van der Waals surface area contributed by atoms with E-state index in [2.05, 4.69) is 65.8 Å². The number of methoxy groups -OCH3 is 2. The number of para-hydroxylation sites is 1. The minimum atomic E-state index is -0.251. The third kappa shape index (κ3) is 6.67. The van der Waals surface area contributed by atoms with E-state index in [0.717, 1.165) is 16.8 Å². The molecule has 39 heavy (non-hydrogen) atoms. The van der Waals surface area contributed by atoms with Crippen LogP contribution in [0.5, 0.6) is 11.5 Å². The van der Waals surface area contributed by atoms with Crippen LogP contribution in [0.15, 0.2) is 83.1 Å². The molecule has 9 heteroatoms. The van der Waals surface area contributed by atoms with Gasteiger partial charge in [-0.05, 0) is 48.2 Å². The Kier molecular flexibility index (Phi) is 8.71. The van der Waals surface area contributed by atoms with Gasteiger partial charge in [0.1, 0.15) is 0 Å². The fourth-order valence-corrected chi connectivity index (χ4v) is 4.66. The number of thioether (sulfide) groups is 1. The normalized spacial score (nSPS) is 11.8. The van der Waals surface area contributed by atoms with Crippen LogP contribution in [0.25, 0.3) is 17.1 Å². The van der Waals surface area contributed by atoms with Gasteiger partial charge < -0.3 is 9.47 Å². The lowest BCUT2D eigenvalue weighted by Gasteiger charge is -2.19. The average Bonchev–Trinajstić information content (AvgIpc) is 3.38. The van der Waals surface area contributed by atoms with Crippen molar-refractivity contribution in [3.05, 3.63) is 83.9 Å². The fraction of sp³-hybridized carbons (Fsp3) is 0.267. The van der Waals surface area contributed by atoms with E-state index >= 15 is 0 Å². The molecule has 1 N–H and O–H groups in total. The van der Waals surface area contributed by atoms with E-state index in [-0.39, 0.29) is 17.1 Å². The molecule has 0 bridgehead atoms. The Morgan fingerprint density at radius 1 is 0.949 bits per heavy atom. The van der Waals surface area contributed by atoms with Gasteiger partial charge in [-0.1, -0.05) is 75.0 Å². The van der Waals surface area contributed by atoms with E-state index in [1.807, 2.05) is 54.0 Å². The lowest BCUT2D eigenvalue weighted by atomic mass is 9.87. The van der Waals surface area contributed by atoms with Crippen molar-refractivity contribution in [3.8, 4) is 28.6 Å². The Hall–Kier alpha value is -4.11. The van der Waals surface area contributed by atoms with Gasteiger partial charge in [0, 0.05) is 16.8 Å². The summed E-state index contributed by atoms with van der Waals surface area (Å²) in [7, 11) is 3.16. The minimum Gasteiger partial charge on any atom is -0.493 e. The summed E-state index contributed by atoms with van der Waals surface area (Å²) in [4.78, 5) is 12.7. The van der Waals surface area contributed by atoms with E-state index < -0.39 is 0 Å². The van der Waals surface area contributed by atoms with Crippen molar-refractivity contribution in [2.75, 3.05) is 20.0 Å². The Bertz CT molecular complexity index is 1460. The number of nitrogens with one attached hydrogen (secondary N) is 1. The second-order valence-electron chi connectivity index (χ2n) is 9.90. The van der Waals surface area contributed by atoms with Gasteiger partial charge in [0.15, 0.2) is 22.5 Å². The van der Waals surface area contributed by atoms with Crippen LogP contribution in [0.3, 0.4) is 0 Å². The molecular weight excluding hydrogens is 510 g/mol. The van der Waals surface area contributed by atoms with Crippen LogP contribution in [0, 0.1) is 0 Å². The van der Waals surface area contributed by atoms with Gasteiger partial charge in [-0.3, -0.25) is 9.36 Å². The van der Waals surface area contributed by atoms with Crippen LogP contribution >= 0.6 is 11.8 Å². The van der Waals surface area contributed by atoms with Crippen LogP contribution in [0.2, 0.25) is 0 Å². The molecule has 1 aromatic heterocycles. The zero-order chi connectivity index (χ0) is 28.0. The first-order valence-corrected chi connectivity index (χ1v) is 13.5. The van der Waals surface area contributed by atoms with Gasteiger partial charge in [-0.2, -0.15) is 5.10 Å². The molecule has 0 atom stereocenters. The highest BCUT2D eigenvalue weighted by molar-refractivity contribution is 7.99. The zero-order valence-corrected chi connectivity index (χ0v) is 23.9. The maximum absolute atomic E-state index is 12.7. The predicted molar refractivity (Wildman–Crippen MR) is 156 cm³/mol. The summed E-state index contributed by atoms with van der Waals surface area (Å²) >= 11 is 1.30. The van der Waals surface area contributed by atoms with Crippen LogP contribution in [-0.4, -0.2) is 46.4 Å². The number of carbonyl (C=O) groups excluding carboxylic acids is 1. The molecule has 0 saturated heterocycles. The number of aromatic nitrogens is 3. The van der Waals surface area contributed by atoms with Crippen LogP contribution in [0.1, 0.15) is 38.8 Å². The monoisotopic (exact) mass is 543 g/mol. The van der Waals surface area contributed by atoms with Crippen LogP contribution < -0.4 is 14.9 Å². The van der Waals surface area contributed by atoms with Crippen molar-refractivity contribution < 1.29 is 14.3 Å². The maximum atomic E-state index is 12.7. The highest BCUT2D eigenvalue weighted by Gasteiger charge is 2.19. The standard InChI is InChI=1S/C30H33N5O3S/c1-20(22-14-17-25(37-5)26(18-22)38-6)31-32-27(36)19-39-29-34-33-28(35(29)24-10-8-7-9-11-24)21-12-15-23(16-13-21)30(2,3)4/h7-18H,19H2,1-6H3,(H,32,36)/b31-20-. The highest BCUT2D eigenvalue weighted by atomic mass is 32.2. The third-order valence-electron chi connectivity index (χ3n) is 6.14. The molecule has 0 unspecified atom stereocenters. The van der Waals surface area contributed by atoms with Gasteiger partial charge in [0.05, 0.1) is 25.7 Å². The van der Waals surface area contributed by atoms with E-state index in [4.69, 9.17) is 9.47 Å². The zero-order valence-electron chi connectivity index (χ0n) is 23.1. The quantitative estimate of drug-likeness (QED) is 0.161. The number of nitrogens with zero attached hydrogens (tertiary/aromatic N) is 4. The molecule has 0 fully saturated rings. The van der Waals surface area contributed by atoms with E-state index in [1.54, 1.807) is 20.3 Å².